The SMILES string of the molecule is CC(CO)Sc1ccc(CNC2CC2)cc1C(F)(F)F. The van der Waals surface area contributed by atoms with Crippen molar-refractivity contribution in [1.82, 2.24) is 5.32 Å². The fourth-order valence-electron chi connectivity index (χ4n) is 1.82. The maximum absolute atomic E-state index is 13.1. The van der Waals surface area contributed by atoms with Crippen molar-refractivity contribution in [3.05, 3.63) is 29.3 Å². The van der Waals surface area contributed by atoms with E-state index in [9.17, 15) is 13.2 Å². The summed E-state index contributed by atoms with van der Waals surface area (Å²) in [5.41, 5.74) is 0.0307. The number of aliphatic hydroxyl groups excluding tert-OH is 1. The van der Waals surface area contributed by atoms with Crippen LogP contribution >= 0.6 is 11.8 Å². The molecule has 1 aromatic carbocycles. The summed E-state index contributed by atoms with van der Waals surface area (Å²) < 4.78 is 39.3. The van der Waals surface area contributed by atoms with Crippen LogP contribution in [-0.2, 0) is 12.7 Å². The first kappa shape index (κ1) is 15.7. The molecule has 0 amide bonds. The zero-order chi connectivity index (χ0) is 14.8. The predicted octanol–water partition coefficient (Wildman–Crippen LogP) is 3.43. The third kappa shape index (κ3) is 4.40. The molecule has 0 bridgehead atoms. The zero-order valence-electron chi connectivity index (χ0n) is 11.2. The Hall–Kier alpha value is -0.720. The molecule has 1 aromatic rings. The van der Waals surface area contributed by atoms with Gasteiger partial charge in [0.1, 0.15) is 0 Å². The van der Waals surface area contributed by atoms with Crippen LogP contribution < -0.4 is 5.32 Å². The first-order chi connectivity index (χ1) is 9.40. The van der Waals surface area contributed by atoms with Crippen LogP contribution in [-0.4, -0.2) is 23.0 Å². The van der Waals surface area contributed by atoms with Crippen molar-refractivity contribution < 1.29 is 18.3 Å². The second-order valence-corrected chi connectivity index (χ2v) is 6.57. The zero-order valence-corrected chi connectivity index (χ0v) is 12.0. The number of alkyl halides is 3. The maximum atomic E-state index is 13.1. The van der Waals surface area contributed by atoms with Crippen molar-refractivity contribution in [2.45, 2.75) is 48.7 Å². The highest BCUT2D eigenvalue weighted by Crippen LogP contribution is 2.38. The summed E-state index contributed by atoms with van der Waals surface area (Å²) in [4.78, 5) is 0.175. The number of hydrogen-bond donors (Lipinski definition) is 2. The van der Waals surface area contributed by atoms with Gasteiger partial charge in [0.25, 0.3) is 0 Å². The summed E-state index contributed by atoms with van der Waals surface area (Å²) in [6.45, 7) is 2.02. The van der Waals surface area contributed by atoms with Crippen LogP contribution in [0.2, 0.25) is 0 Å². The molecule has 1 aliphatic rings. The monoisotopic (exact) mass is 305 g/mol. The molecule has 2 N–H and O–H groups in total. The van der Waals surface area contributed by atoms with Gasteiger partial charge in [-0.15, -0.1) is 11.8 Å². The molecular formula is C14H18F3NOS. The number of aliphatic hydroxyl groups is 1. The topological polar surface area (TPSA) is 32.3 Å². The Morgan fingerprint density at radius 1 is 1.40 bits per heavy atom. The van der Waals surface area contributed by atoms with E-state index in [2.05, 4.69) is 5.32 Å². The molecule has 0 heterocycles. The molecule has 1 saturated carbocycles. The Balaban J connectivity index is 2.17. The van der Waals surface area contributed by atoms with Gasteiger partial charge in [-0.3, -0.25) is 0 Å². The minimum absolute atomic E-state index is 0.146. The lowest BCUT2D eigenvalue weighted by molar-refractivity contribution is -0.139. The lowest BCUT2D eigenvalue weighted by Gasteiger charge is -2.16. The van der Waals surface area contributed by atoms with E-state index in [-0.39, 0.29) is 16.8 Å². The van der Waals surface area contributed by atoms with Gasteiger partial charge in [0.05, 0.1) is 12.2 Å². The molecule has 0 saturated heterocycles. The van der Waals surface area contributed by atoms with Gasteiger partial charge in [-0.1, -0.05) is 13.0 Å². The number of benzene rings is 1. The highest BCUT2D eigenvalue weighted by Gasteiger charge is 2.34. The van der Waals surface area contributed by atoms with Gasteiger partial charge in [0.15, 0.2) is 0 Å². The van der Waals surface area contributed by atoms with Crippen molar-refractivity contribution in [2.24, 2.45) is 0 Å². The largest absolute Gasteiger partial charge is 0.417 e. The average Bonchev–Trinajstić information content (AvgIpc) is 3.20. The highest BCUT2D eigenvalue weighted by atomic mass is 32.2. The smallest absolute Gasteiger partial charge is 0.395 e. The number of hydrogen-bond acceptors (Lipinski definition) is 3. The van der Waals surface area contributed by atoms with Crippen LogP contribution in [0.25, 0.3) is 0 Å². The van der Waals surface area contributed by atoms with Gasteiger partial charge in [0.2, 0.25) is 0 Å². The average molecular weight is 305 g/mol. The first-order valence-corrected chi connectivity index (χ1v) is 7.49. The molecule has 0 aromatic heterocycles. The molecule has 1 fully saturated rings. The lowest BCUT2D eigenvalue weighted by Crippen LogP contribution is -2.16. The molecule has 1 aliphatic carbocycles. The summed E-state index contributed by atoms with van der Waals surface area (Å²) in [5, 5.41) is 11.9. The molecule has 0 aliphatic heterocycles. The van der Waals surface area contributed by atoms with E-state index in [4.69, 9.17) is 5.11 Å². The molecular weight excluding hydrogens is 287 g/mol. The molecule has 2 nitrogen and oxygen atoms in total. The van der Waals surface area contributed by atoms with Crippen LogP contribution in [0.4, 0.5) is 13.2 Å². The number of nitrogens with one attached hydrogen (secondary N) is 1. The number of halogens is 3. The fourth-order valence-corrected chi connectivity index (χ4v) is 2.77. The molecule has 20 heavy (non-hydrogen) atoms. The Bertz CT molecular complexity index is 460. The predicted molar refractivity (Wildman–Crippen MR) is 73.7 cm³/mol. The Labute approximate surface area is 120 Å². The Morgan fingerprint density at radius 2 is 2.10 bits per heavy atom. The standard InChI is InChI=1S/C14H18F3NOS/c1-9(8-19)20-13-5-2-10(7-18-11-3-4-11)6-12(13)14(15,16)17/h2,5-6,9,11,18-19H,3-4,7-8H2,1H3. The van der Waals surface area contributed by atoms with Crippen molar-refractivity contribution in [3.63, 3.8) is 0 Å². The van der Waals surface area contributed by atoms with Crippen LogP contribution in [0.5, 0.6) is 0 Å². The van der Waals surface area contributed by atoms with Gasteiger partial charge in [-0.05, 0) is 30.5 Å². The van der Waals surface area contributed by atoms with Gasteiger partial charge in [-0.2, -0.15) is 13.2 Å². The maximum Gasteiger partial charge on any atom is 0.417 e. The summed E-state index contributed by atoms with van der Waals surface area (Å²) >= 11 is 1.05. The molecule has 1 unspecified atom stereocenters. The van der Waals surface area contributed by atoms with Crippen molar-refractivity contribution in [2.75, 3.05) is 6.61 Å². The summed E-state index contributed by atoms with van der Waals surface area (Å²) in [6, 6.07) is 4.90. The van der Waals surface area contributed by atoms with Crippen LogP contribution in [0.3, 0.4) is 0 Å². The van der Waals surface area contributed by atoms with Crippen LogP contribution in [0, 0.1) is 0 Å². The van der Waals surface area contributed by atoms with E-state index in [1.807, 2.05) is 0 Å². The van der Waals surface area contributed by atoms with Gasteiger partial charge in [-0.25, -0.2) is 0 Å². The Kier molecular flexibility index (Phi) is 4.99. The molecule has 1 atom stereocenters. The van der Waals surface area contributed by atoms with Crippen molar-refractivity contribution in [1.29, 1.82) is 0 Å². The number of rotatable bonds is 6. The minimum Gasteiger partial charge on any atom is -0.395 e. The summed E-state index contributed by atoms with van der Waals surface area (Å²) in [7, 11) is 0. The summed E-state index contributed by atoms with van der Waals surface area (Å²) in [6.07, 6.45) is -2.16. The molecule has 6 heteroatoms. The third-order valence-corrected chi connectivity index (χ3v) is 4.27. The van der Waals surface area contributed by atoms with Crippen molar-refractivity contribution in [3.8, 4) is 0 Å². The first-order valence-electron chi connectivity index (χ1n) is 6.61. The van der Waals surface area contributed by atoms with E-state index in [0.717, 1.165) is 24.6 Å². The number of thioether (sulfide) groups is 1. The normalized spacial score (nSPS) is 17.2. The second-order valence-electron chi connectivity index (χ2n) is 5.09. The molecule has 0 radical (unpaired) electrons. The van der Waals surface area contributed by atoms with E-state index in [1.165, 1.54) is 12.1 Å². The second kappa shape index (κ2) is 6.37. The minimum atomic E-state index is -4.37. The lowest BCUT2D eigenvalue weighted by atomic mass is 10.1. The van der Waals surface area contributed by atoms with Crippen LogP contribution in [0.1, 0.15) is 30.9 Å². The van der Waals surface area contributed by atoms with Crippen molar-refractivity contribution >= 4 is 11.8 Å². The molecule has 0 spiro atoms. The van der Waals surface area contributed by atoms with E-state index in [1.54, 1.807) is 13.0 Å². The van der Waals surface area contributed by atoms with E-state index in [0.29, 0.717) is 18.2 Å². The quantitative estimate of drug-likeness (QED) is 0.790. The fraction of sp³-hybridized carbons (Fsp3) is 0.571. The van der Waals surface area contributed by atoms with Gasteiger partial charge >= 0.3 is 6.18 Å². The van der Waals surface area contributed by atoms with E-state index >= 15 is 0 Å². The summed E-state index contributed by atoms with van der Waals surface area (Å²) in [5.74, 6) is 0. The molecule has 112 valence electrons. The van der Waals surface area contributed by atoms with E-state index < -0.39 is 11.7 Å². The highest BCUT2D eigenvalue weighted by molar-refractivity contribution is 8.00. The Morgan fingerprint density at radius 3 is 2.65 bits per heavy atom. The third-order valence-electron chi connectivity index (χ3n) is 3.11. The van der Waals surface area contributed by atoms with Gasteiger partial charge < -0.3 is 10.4 Å². The van der Waals surface area contributed by atoms with Crippen LogP contribution in [0.15, 0.2) is 23.1 Å². The molecule has 2 rings (SSSR count). The van der Waals surface area contributed by atoms with Gasteiger partial charge in [0, 0.05) is 22.7 Å².